The molecule has 0 bridgehead atoms. The van der Waals surface area contributed by atoms with E-state index in [-0.39, 0.29) is 27.7 Å². The molecule has 2 N–H and O–H groups in total. The Kier molecular flexibility index (Phi) is 7.71. The highest BCUT2D eigenvalue weighted by Crippen LogP contribution is 2.22. The number of aryl methyl sites for hydroxylation is 1. The largest absolute Gasteiger partial charge is 0.497 e. The summed E-state index contributed by atoms with van der Waals surface area (Å²) < 4.78 is 5.11. The number of amides is 3. The summed E-state index contributed by atoms with van der Waals surface area (Å²) >= 11 is 0.937. The lowest BCUT2D eigenvalue weighted by molar-refractivity contribution is -0.126. The summed E-state index contributed by atoms with van der Waals surface area (Å²) in [6.07, 6.45) is 1.44. The van der Waals surface area contributed by atoms with Gasteiger partial charge in [-0.2, -0.15) is 0 Å². The maximum Gasteiger partial charge on any atom is 0.286 e. The Morgan fingerprint density at radius 1 is 1.06 bits per heavy atom. The first-order valence-corrected chi connectivity index (χ1v) is 12.2. The van der Waals surface area contributed by atoms with Crippen molar-refractivity contribution >= 4 is 34.7 Å². The molecule has 2 aromatic carbocycles. The number of piperidine rings is 1. The molecule has 1 atom stereocenters. The Morgan fingerprint density at radius 3 is 2.49 bits per heavy atom. The first kappa shape index (κ1) is 24.3. The number of nitrogens with zero attached hydrogens (tertiary/aromatic N) is 3. The standard InChI is InChI=1S/C25H27N5O4S/c1-16-5-7-17(8-6-16)14-26-21(31)18-4-3-13-30(15-18)25(33)24-29-28-23(35-24)22(32)27-19-9-11-20(34-2)12-10-19/h5-12,18H,3-4,13-15H2,1-2H3,(H,26,31)(H,27,32)/t18-/m1/s1. The molecule has 1 fully saturated rings. The summed E-state index contributed by atoms with van der Waals surface area (Å²) in [5.41, 5.74) is 2.77. The second-order valence-electron chi connectivity index (χ2n) is 8.39. The van der Waals surface area contributed by atoms with Crippen LogP contribution in [0, 0.1) is 12.8 Å². The van der Waals surface area contributed by atoms with Gasteiger partial charge in [-0.3, -0.25) is 14.4 Å². The average Bonchev–Trinajstić information content (AvgIpc) is 3.39. The average molecular weight is 494 g/mol. The molecule has 10 heteroatoms. The molecule has 1 saturated heterocycles. The fourth-order valence-electron chi connectivity index (χ4n) is 3.81. The number of methoxy groups -OCH3 is 1. The van der Waals surface area contributed by atoms with Gasteiger partial charge in [0.2, 0.25) is 15.9 Å². The molecule has 35 heavy (non-hydrogen) atoms. The Hall–Kier alpha value is -3.79. The van der Waals surface area contributed by atoms with E-state index < -0.39 is 5.91 Å². The number of anilines is 1. The summed E-state index contributed by atoms with van der Waals surface area (Å²) in [6.45, 7) is 3.32. The predicted octanol–water partition coefficient (Wildman–Crippen LogP) is 3.28. The predicted molar refractivity (Wildman–Crippen MR) is 133 cm³/mol. The highest BCUT2D eigenvalue weighted by atomic mass is 32.1. The Balaban J connectivity index is 1.32. The summed E-state index contributed by atoms with van der Waals surface area (Å²) in [4.78, 5) is 39.8. The van der Waals surface area contributed by atoms with Gasteiger partial charge in [0.25, 0.3) is 11.8 Å². The maximum atomic E-state index is 13.0. The number of carbonyl (C=O) groups excluding carboxylic acids is 3. The van der Waals surface area contributed by atoms with Crippen molar-refractivity contribution in [2.75, 3.05) is 25.5 Å². The van der Waals surface area contributed by atoms with Crippen LogP contribution in [0.25, 0.3) is 0 Å². The van der Waals surface area contributed by atoms with Gasteiger partial charge in [-0.1, -0.05) is 41.2 Å². The number of rotatable bonds is 7. The zero-order chi connectivity index (χ0) is 24.8. The number of hydrogen-bond donors (Lipinski definition) is 2. The molecule has 182 valence electrons. The van der Waals surface area contributed by atoms with Gasteiger partial charge < -0.3 is 20.3 Å². The van der Waals surface area contributed by atoms with E-state index in [1.807, 2.05) is 31.2 Å². The first-order chi connectivity index (χ1) is 16.9. The number of ether oxygens (including phenoxy) is 1. The van der Waals surface area contributed by atoms with Crippen LogP contribution < -0.4 is 15.4 Å². The number of likely N-dealkylation sites (tertiary alicyclic amines) is 1. The van der Waals surface area contributed by atoms with Crippen LogP contribution in [-0.2, 0) is 11.3 Å². The molecule has 1 aliphatic rings. The number of benzene rings is 2. The van der Waals surface area contributed by atoms with Crippen LogP contribution >= 0.6 is 11.3 Å². The van der Waals surface area contributed by atoms with Gasteiger partial charge in [-0.15, -0.1) is 10.2 Å². The molecular formula is C25H27N5O4S. The fourth-order valence-corrected chi connectivity index (χ4v) is 4.52. The smallest absolute Gasteiger partial charge is 0.286 e. The Morgan fingerprint density at radius 2 is 1.77 bits per heavy atom. The van der Waals surface area contributed by atoms with Crippen molar-refractivity contribution in [1.82, 2.24) is 20.4 Å². The molecule has 1 aromatic heterocycles. The normalized spacial score (nSPS) is 15.4. The van der Waals surface area contributed by atoms with Gasteiger partial charge in [0.15, 0.2) is 0 Å². The van der Waals surface area contributed by atoms with Crippen molar-refractivity contribution < 1.29 is 19.1 Å². The minimum absolute atomic E-state index is 0.0695. The van der Waals surface area contributed by atoms with Crippen molar-refractivity contribution in [2.45, 2.75) is 26.3 Å². The quantitative estimate of drug-likeness (QED) is 0.522. The van der Waals surface area contributed by atoms with Crippen molar-refractivity contribution in [3.05, 3.63) is 69.7 Å². The zero-order valence-electron chi connectivity index (χ0n) is 19.6. The van der Waals surface area contributed by atoms with Crippen molar-refractivity contribution in [3.63, 3.8) is 0 Å². The van der Waals surface area contributed by atoms with E-state index in [1.54, 1.807) is 36.3 Å². The van der Waals surface area contributed by atoms with Crippen molar-refractivity contribution in [1.29, 1.82) is 0 Å². The molecule has 1 aliphatic heterocycles. The van der Waals surface area contributed by atoms with Crippen LogP contribution in [0.5, 0.6) is 5.75 Å². The molecule has 0 saturated carbocycles. The summed E-state index contributed by atoms with van der Waals surface area (Å²) in [7, 11) is 1.57. The lowest BCUT2D eigenvalue weighted by Crippen LogP contribution is -2.45. The van der Waals surface area contributed by atoms with Gasteiger partial charge in [0.1, 0.15) is 5.75 Å². The maximum absolute atomic E-state index is 13.0. The van der Waals surface area contributed by atoms with E-state index >= 15 is 0 Å². The van der Waals surface area contributed by atoms with Gasteiger partial charge in [-0.25, -0.2) is 0 Å². The lowest BCUT2D eigenvalue weighted by atomic mass is 9.97. The van der Waals surface area contributed by atoms with Gasteiger partial charge in [0.05, 0.1) is 13.0 Å². The molecule has 0 spiro atoms. The molecule has 3 amide bonds. The van der Waals surface area contributed by atoms with Gasteiger partial charge >= 0.3 is 0 Å². The molecular weight excluding hydrogens is 466 g/mol. The van der Waals surface area contributed by atoms with Crippen LogP contribution in [0.2, 0.25) is 0 Å². The Labute approximate surface area is 207 Å². The third-order valence-electron chi connectivity index (χ3n) is 5.82. The van der Waals surface area contributed by atoms with E-state index in [0.717, 1.165) is 29.7 Å². The van der Waals surface area contributed by atoms with Crippen molar-refractivity contribution in [3.8, 4) is 5.75 Å². The SMILES string of the molecule is COc1ccc(NC(=O)c2nnc(C(=O)N3CCC[C@@H](C(=O)NCc4ccc(C)cc4)C3)s2)cc1. The molecule has 9 nitrogen and oxygen atoms in total. The lowest BCUT2D eigenvalue weighted by Gasteiger charge is -2.31. The number of aromatic nitrogens is 2. The molecule has 0 aliphatic carbocycles. The minimum atomic E-state index is -0.446. The highest BCUT2D eigenvalue weighted by molar-refractivity contribution is 7.15. The molecule has 3 aromatic rings. The first-order valence-electron chi connectivity index (χ1n) is 11.3. The Bertz CT molecular complexity index is 1190. The molecule has 4 rings (SSSR count). The van der Waals surface area contributed by atoms with Crippen LogP contribution in [0.15, 0.2) is 48.5 Å². The molecule has 2 heterocycles. The third-order valence-corrected chi connectivity index (χ3v) is 6.73. The van der Waals surface area contributed by atoms with Crippen LogP contribution in [0.4, 0.5) is 5.69 Å². The van der Waals surface area contributed by atoms with E-state index in [1.165, 1.54) is 5.56 Å². The second-order valence-corrected chi connectivity index (χ2v) is 9.37. The van der Waals surface area contributed by atoms with E-state index in [0.29, 0.717) is 31.1 Å². The van der Waals surface area contributed by atoms with E-state index in [4.69, 9.17) is 4.74 Å². The van der Waals surface area contributed by atoms with E-state index in [2.05, 4.69) is 20.8 Å². The van der Waals surface area contributed by atoms with Gasteiger partial charge in [-0.05, 0) is 49.6 Å². The molecule has 0 radical (unpaired) electrons. The molecule has 0 unspecified atom stereocenters. The van der Waals surface area contributed by atoms with Crippen LogP contribution in [0.1, 0.15) is 43.6 Å². The number of carbonyl (C=O) groups is 3. The van der Waals surface area contributed by atoms with Crippen LogP contribution in [-0.4, -0.2) is 53.0 Å². The van der Waals surface area contributed by atoms with Gasteiger partial charge in [0, 0.05) is 25.3 Å². The van der Waals surface area contributed by atoms with E-state index in [9.17, 15) is 14.4 Å². The number of hydrogen-bond acceptors (Lipinski definition) is 7. The minimum Gasteiger partial charge on any atom is -0.497 e. The fraction of sp³-hybridized carbons (Fsp3) is 0.320. The zero-order valence-corrected chi connectivity index (χ0v) is 20.4. The number of nitrogens with one attached hydrogen (secondary N) is 2. The van der Waals surface area contributed by atoms with Crippen LogP contribution in [0.3, 0.4) is 0 Å². The summed E-state index contributed by atoms with van der Waals surface area (Å²) in [5, 5.41) is 13.7. The summed E-state index contributed by atoms with van der Waals surface area (Å²) in [5.74, 6) is -0.444. The van der Waals surface area contributed by atoms with Crippen molar-refractivity contribution in [2.24, 2.45) is 5.92 Å². The summed E-state index contributed by atoms with van der Waals surface area (Å²) in [6, 6.07) is 14.9. The highest BCUT2D eigenvalue weighted by Gasteiger charge is 2.30. The topological polar surface area (TPSA) is 114 Å². The second kappa shape index (κ2) is 11.1. The monoisotopic (exact) mass is 493 g/mol. The third kappa shape index (κ3) is 6.21.